The van der Waals surface area contributed by atoms with Crippen molar-refractivity contribution < 1.29 is 23.3 Å². The molecule has 0 aliphatic heterocycles. The molecular formula is C25H21FN2O4. The highest BCUT2D eigenvalue weighted by Gasteiger charge is 2.17. The SMILES string of the molecule is COc1cc2nc(-c3cc(OC)c(OC)cc3OC)[nH]c2cc1C#Cc1ccccc1F. The molecule has 6 nitrogen and oxygen atoms in total. The van der Waals surface area contributed by atoms with E-state index in [0.29, 0.717) is 51.0 Å². The lowest BCUT2D eigenvalue weighted by atomic mass is 10.1. The van der Waals surface area contributed by atoms with Crippen LogP contribution >= 0.6 is 0 Å². The largest absolute Gasteiger partial charge is 0.496 e. The Morgan fingerprint density at radius 2 is 1.41 bits per heavy atom. The van der Waals surface area contributed by atoms with Crippen LogP contribution in [-0.4, -0.2) is 38.4 Å². The van der Waals surface area contributed by atoms with Crippen LogP contribution in [0.4, 0.5) is 4.39 Å². The van der Waals surface area contributed by atoms with Gasteiger partial charge in [0.2, 0.25) is 0 Å². The highest BCUT2D eigenvalue weighted by molar-refractivity contribution is 5.84. The molecule has 162 valence electrons. The average molecular weight is 432 g/mol. The number of fused-ring (bicyclic) bond motifs is 1. The van der Waals surface area contributed by atoms with Crippen molar-refractivity contribution in [3.05, 3.63) is 65.5 Å². The van der Waals surface area contributed by atoms with Gasteiger partial charge in [0.15, 0.2) is 11.5 Å². The van der Waals surface area contributed by atoms with Crippen LogP contribution in [0.3, 0.4) is 0 Å². The third-order valence-corrected chi connectivity index (χ3v) is 4.97. The molecule has 4 aromatic rings. The molecule has 0 radical (unpaired) electrons. The van der Waals surface area contributed by atoms with Gasteiger partial charge in [-0.05, 0) is 24.3 Å². The summed E-state index contributed by atoms with van der Waals surface area (Å²) < 4.78 is 35.7. The maximum atomic E-state index is 13.9. The van der Waals surface area contributed by atoms with E-state index >= 15 is 0 Å². The molecule has 0 aliphatic carbocycles. The molecule has 4 rings (SSSR count). The first-order valence-corrected chi connectivity index (χ1v) is 9.72. The Kier molecular flexibility index (Phi) is 5.86. The number of hydrogen-bond donors (Lipinski definition) is 1. The van der Waals surface area contributed by atoms with Crippen LogP contribution in [0.2, 0.25) is 0 Å². The molecule has 0 aliphatic rings. The van der Waals surface area contributed by atoms with Crippen LogP contribution in [0.15, 0.2) is 48.5 Å². The Morgan fingerprint density at radius 3 is 2.09 bits per heavy atom. The lowest BCUT2D eigenvalue weighted by molar-refractivity contribution is 0.349. The number of H-pyrrole nitrogens is 1. The van der Waals surface area contributed by atoms with Gasteiger partial charge in [-0.25, -0.2) is 9.37 Å². The van der Waals surface area contributed by atoms with Crippen molar-refractivity contribution in [2.24, 2.45) is 0 Å². The Labute approximate surface area is 184 Å². The minimum atomic E-state index is -0.371. The van der Waals surface area contributed by atoms with Gasteiger partial charge in [-0.2, -0.15) is 0 Å². The molecule has 1 aromatic heterocycles. The van der Waals surface area contributed by atoms with E-state index in [9.17, 15) is 4.39 Å². The lowest BCUT2D eigenvalue weighted by Crippen LogP contribution is -1.95. The molecule has 0 atom stereocenters. The Bertz CT molecular complexity index is 1350. The number of ether oxygens (including phenoxy) is 4. The first-order valence-electron chi connectivity index (χ1n) is 9.72. The van der Waals surface area contributed by atoms with Crippen LogP contribution in [0, 0.1) is 17.7 Å². The first-order chi connectivity index (χ1) is 15.6. The van der Waals surface area contributed by atoms with E-state index in [-0.39, 0.29) is 5.82 Å². The zero-order valence-electron chi connectivity index (χ0n) is 18.1. The predicted octanol–water partition coefficient (Wildman–Crippen LogP) is 4.80. The van der Waals surface area contributed by atoms with Gasteiger partial charge in [0, 0.05) is 12.1 Å². The molecule has 7 heteroatoms. The number of benzene rings is 3. The van der Waals surface area contributed by atoms with Gasteiger partial charge >= 0.3 is 0 Å². The molecular weight excluding hydrogens is 411 g/mol. The minimum absolute atomic E-state index is 0.315. The summed E-state index contributed by atoms with van der Waals surface area (Å²) in [6.07, 6.45) is 0. The maximum Gasteiger partial charge on any atom is 0.164 e. The summed E-state index contributed by atoms with van der Waals surface area (Å²) in [7, 11) is 6.26. The standard InChI is InChI=1S/C25H21FN2O4/c1-29-21-13-20-19(11-16(21)10-9-15-7-5-6-8-18(15)26)27-25(28-20)17-12-23(31-3)24(32-4)14-22(17)30-2/h5-8,11-14H,1-4H3,(H,27,28). The second kappa shape index (κ2) is 8.90. The predicted molar refractivity (Wildman–Crippen MR) is 120 cm³/mol. The van der Waals surface area contributed by atoms with Crippen LogP contribution in [-0.2, 0) is 0 Å². The van der Waals surface area contributed by atoms with E-state index in [1.54, 1.807) is 64.8 Å². The van der Waals surface area contributed by atoms with Gasteiger partial charge in [0.05, 0.1) is 56.2 Å². The van der Waals surface area contributed by atoms with Crippen molar-refractivity contribution in [3.8, 4) is 46.2 Å². The fraction of sp³-hybridized carbons (Fsp3) is 0.160. The fourth-order valence-electron chi connectivity index (χ4n) is 3.34. The molecule has 0 spiro atoms. The summed E-state index contributed by atoms with van der Waals surface area (Å²) >= 11 is 0. The molecule has 3 aromatic carbocycles. The van der Waals surface area contributed by atoms with Crippen LogP contribution in [0.5, 0.6) is 23.0 Å². The molecule has 0 saturated carbocycles. The first kappa shape index (κ1) is 21.1. The third kappa shape index (κ3) is 3.91. The van der Waals surface area contributed by atoms with Crippen molar-refractivity contribution in [1.29, 1.82) is 0 Å². The number of rotatable bonds is 5. The van der Waals surface area contributed by atoms with Crippen LogP contribution < -0.4 is 18.9 Å². The molecule has 0 amide bonds. The van der Waals surface area contributed by atoms with Gasteiger partial charge in [-0.15, -0.1) is 0 Å². The van der Waals surface area contributed by atoms with Crippen molar-refractivity contribution in [3.63, 3.8) is 0 Å². The number of aromatic amines is 1. The molecule has 1 N–H and O–H groups in total. The van der Waals surface area contributed by atoms with E-state index < -0.39 is 0 Å². The molecule has 32 heavy (non-hydrogen) atoms. The highest BCUT2D eigenvalue weighted by Crippen LogP contribution is 2.40. The lowest BCUT2D eigenvalue weighted by Gasteiger charge is -2.12. The van der Waals surface area contributed by atoms with E-state index in [1.807, 2.05) is 6.07 Å². The summed E-state index contributed by atoms with van der Waals surface area (Å²) in [5, 5.41) is 0. The average Bonchev–Trinajstić information content (AvgIpc) is 3.24. The van der Waals surface area contributed by atoms with Crippen LogP contribution in [0.25, 0.3) is 22.4 Å². The molecule has 1 heterocycles. The second-order valence-corrected chi connectivity index (χ2v) is 6.79. The molecule has 0 fully saturated rings. The second-order valence-electron chi connectivity index (χ2n) is 6.79. The maximum absolute atomic E-state index is 13.9. The number of nitrogens with zero attached hydrogens (tertiary/aromatic N) is 1. The summed E-state index contributed by atoms with van der Waals surface area (Å²) in [5.41, 5.74) is 3.06. The number of nitrogens with one attached hydrogen (secondary N) is 1. The summed E-state index contributed by atoms with van der Waals surface area (Å²) in [5.74, 6) is 8.29. The third-order valence-electron chi connectivity index (χ3n) is 4.97. The highest BCUT2D eigenvalue weighted by atomic mass is 19.1. The Morgan fingerprint density at radius 1 is 0.750 bits per heavy atom. The van der Waals surface area contributed by atoms with E-state index in [0.717, 1.165) is 5.52 Å². The number of hydrogen-bond acceptors (Lipinski definition) is 5. The number of methoxy groups -OCH3 is 4. The van der Waals surface area contributed by atoms with Gasteiger partial charge in [-0.1, -0.05) is 24.0 Å². The summed E-state index contributed by atoms with van der Waals surface area (Å²) in [6.45, 7) is 0. The van der Waals surface area contributed by atoms with E-state index in [1.165, 1.54) is 6.07 Å². The van der Waals surface area contributed by atoms with Gasteiger partial charge < -0.3 is 23.9 Å². The summed E-state index contributed by atoms with van der Waals surface area (Å²) in [4.78, 5) is 7.98. The molecule has 0 bridgehead atoms. The minimum Gasteiger partial charge on any atom is -0.496 e. The van der Waals surface area contributed by atoms with Crippen LogP contribution in [0.1, 0.15) is 11.1 Å². The number of aromatic nitrogens is 2. The topological polar surface area (TPSA) is 65.6 Å². The fourth-order valence-corrected chi connectivity index (χ4v) is 3.34. The Balaban J connectivity index is 1.82. The van der Waals surface area contributed by atoms with E-state index in [4.69, 9.17) is 18.9 Å². The van der Waals surface area contributed by atoms with Gasteiger partial charge in [0.1, 0.15) is 23.1 Å². The quantitative estimate of drug-likeness (QED) is 0.459. The van der Waals surface area contributed by atoms with Crippen molar-refractivity contribution in [1.82, 2.24) is 9.97 Å². The molecule has 0 saturated heterocycles. The summed E-state index contributed by atoms with van der Waals surface area (Å²) in [6, 6.07) is 13.5. The van der Waals surface area contributed by atoms with E-state index in [2.05, 4.69) is 21.8 Å². The monoisotopic (exact) mass is 432 g/mol. The Hall–Kier alpha value is -4.18. The number of halogens is 1. The number of imidazole rings is 1. The van der Waals surface area contributed by atoms with Gasteiger partial charge in [-0.3, -0.25) is 0 Å². The zero-order valence-corrected chi connectivity index (χ0v) is 18.1. The van der Waals surface area contributed by atoms with Crippen molar-refractivity contribution in [2.45, 2.75) is 0 Å². The van der Waals surface area contributed by atoms with Gasteiger partial charge in [0.25, 0.3) is 0 Å². The van der Waals surface area contributed by atoms with Crippen molar-refractivity contribution >= 4 is 11.0 Å². The van der Waals surface area contributed by atoms with Crippen molar-refractivity contribution in [2.75, 3.05) is 28.4 Å². The zero-order chi connectivity index (χ0) is 22.7. The molecule has 0 unspecified atom stereocenters. The smallest absolute Gasteiger partial charge is 0.164 e. The normalized spacial score (nSPS) is 10.4.